The Kier molecular flexibility index (Phi) is 5.36. The van der Waals surface area contributed by atoms with E-state index in [-0.39, 0.29) is 6.61 Å². The molecule has 128 valence electrons. The molecule has 2 rings (SSSR count). The summed E-state index contributed by atoms with van der Waals surface area (Å²) in [5, 5.41) is 12.8. The molecule has 5 nitrogen and oxygen atoms in total. The minimum Gasteiger partial charge on any atom is -0.444 e. The van der Waals surface area contributed by atoms with Crippen molar-refractivity contribution < 1.29 is 14.6 Å². The zero-order valence-corrected chi connectivity index (χ0v) is 14.6. The van der Waals surface area contributed by atoms with Gasteiger partial charge in [0.05, 0.1) is 6.61 Å². The number of amides is 1. The van der Waals surface area contributed by atoms with Crippen LogP contribution in [-0.4, -0.2) is 16.8 Å². The Morgan fingerprint density at radius 3 is 2.62 bits per heavy atom. The van der Waals surface area contributed by atoms with Crippen LogP contribution in [-0.2, 0) is 11.3 Å². The molecule has 1 amide bonds. The third-order valence-corrected chi connectivity index (χ3v) is 3.57. The van der Waals surface area contributed by atoms with Crippen molar-refractivity contribution in [3.8, 4) is 11.1 Å². The van der Waals surface area contributed by atoms with E-state index in [1.54, 1.807) is 51.1 Å². The van der Waals surface area contributed by atoms with Crippen LogP contribution in [0.15, 0.2) is 36.4 Å². The van der Waals surface area contributed by atoms with Crippen LogP contribution in [0.5, 0.6) is 0 Å². The number of halogens is 1. The van der Waals surface area contributed by atoms with Crippen LogP contribution in [0.25, 0.3) is 11.1 Å². The van der Waals surface area contributed by atoms with Crippen molar-refractivity contribution in [2.24, 2.45) is 0 Å². The Balaban J connectivity index is 2.35. The molecule has 0 bridgehead atoms. The molecule has 6 heteroatoms. The zero-order chi connectivity index (χ0) is 17.9. The number of benzene rings is 2. The molecule has 2 aromatic rings. The summed E-state index contributed by atoms with van der Waals surface area (Å²) in [6.45, 7) is 5.15. The fourth-order valence-corrected chi connectivity index (χ4v) is 2.58. The fourth-order valence-electron chi connectivity index (χ4n) is 2.29. The van der Waals surface area contributed by atoms with Gasteiger partial charge in [-0.15, -0.1) is 0 Å². The first-order valence-electron chi connectivity index (χ1n) is 7.49. The van der Waals surface area contributed by atoms with Gasteiger partial charge in [-0.25, -0.2) is 4.79 Å². The molecule has 0 unspecified atom stereocenters. The van der Waals surface area contributed by atoms with Gasteiger partial charge in [-0.05, 0) is 50.6 Å². The zero-order valence-electron chi connectivity index (χ0n) is 13.9. The van der Waals surface area contributed by atoms with Crippen molar-refractivity contribution in [2.45, 2.75) is 33.0 Å². The summed E-state index contributed by atoms with van der Waals surface area (Å²) >= 11 is 6.28. The number of carbonyl (C=O) groups excluding carboxylic acids is 1. The summed E-state index contributed by atoms with van der Waals surface area (Å²) in [4.78, 5) is 11.9. The van der Waals surface area contributed by atoms with Crippen molar-refractivity contribution in [1.82, 2.24) is 0 Å². The van der Waals surface area contributed by atoms with E-state index in [2.05, 4.69) is 5.32 Å². The largest absolute Gasteiger partial charge is 0.444 e. The fraction of sp³-hybridized carbons (Fsp3) is 0.278. The highest BCUT2D eigenvalue weighted by Gasteiger charge is 2.17. The van der Waals surface area contributed by atoms with Gasteiger partial charge in [-0.3, -0.25) is 5.32 Å². The lowest BCUT2D eigenvalue weighted by atomic mass is 9.98. The van der Waals surface area contributed by atoms with Crippen molar-refractivity contribution in [1.29, 1.82) is 0 Å². The molecular weight excluding hydrogens is 328 g/mol. The van der Waals surface area contributed by atoms with Gasteiger partial charge < -0.3 is 15.6 Å². The molecule has 0 aliphatic heterocycles. The molecule has 0 saturated carbocycles. The monoisotopic (exact) mass is 348 g/mol. The Morgan fingerprint density at radius 2 is 2.00 bits per heavy atom. The maximum absolute atomic E-state index is 11.9. The number of hydrogen-bond donors (Lipinski definition) is 3. The summed E-state index contributed by atoms with van der Waals surface area (Å²) in [6.07, 6.45) is -0.541. The summed E-state index contributed by atoms with van der Waals surface area (Å²) in [5.41, 5.74) is 8.30. The molecule has 0 aromatic heterocycles. The average Bonchev–Trinajstić information content (AvgIpc) is 2.47. The summed E-state index contributed by atoms with van der Waals surface area (Å²) < 4.78 is 5.24. The molecule has 24 heavy (non-hydrogen) atoms. The number of nitrogens with one attached hydrogen (secondary N) is 1. The molecule has 0 saturated heterocycles. The van der Waals surface area contributed by atoms with Crippen LogP contribution in [0.2, 0.25) is 5.02 Å². The van der Waals surface area contributed by atoms with E-state index < -0.39 is 11.7 Å². The minimum atomic E-state index is -0.580. The predicted octanol–water partition coefficient (Wildman–Crippen LogP) is 4.43. The molecule has 0 aliphatic carbocycles. The van der Waals surface area contributed by atoms with E-state index in [9.17, 15) is 9.90 Å². The number of aliphatic hydroxyl groups excluding tert-OH is 1. The minimum absolute atomic E-state index is 0.231. The van der Waals surface area contributed by atoms with Gasteiger partial charge in [0.1, 0.15) is 5.60 Å². The Hall–Kier alpha value is -2.24. The van der Waals surface area contributed by atoms with E-state index in [1.807, 2.05) is 6.07 Å². The highest BCUT2D eigenvalue weighted by Crippen LogP contribution is 2.35. The van der Waals surface area contributed by atoms with Gasteiger partial charge in [-0.2, -0.15) is 0 Å². The second-order valence-corrected chi connectivity index (χ2v) is 6.76. The summed E-state index contributed by atoms with van der Waals surface area (Å²) in [6, 6.07) is 10.4. The molecular formula is C18H21ClN2O3. The smallest absolute Gasteiger partial charge is 0.412 e. The van der Waals surface area contributed by atoms with E-state index >= 15 is 0 Å². The number of anilines is 2. The van der Waals surface area contributed by atoms with Crippen LogP contribution in [0.4, 0.5) is 16.2 Å². The van der Waals surface area contributed by atoms with E-state index in [1.165, 1.54) is 0 Å². The maximum Gasteiger partial charge on any atom is 0.412 e. The molecule has 0 spiro atoms. The van der Waals surface area contributed by atoms with Crippen LogP contribution < -0.4 is 11.1 Å². The van der Waals surface area contributed by atoms with E-state index in [0.29, 0.717) is 27.5 Å². The molecule has 4 N–H and O–H groups in total. The number of nitrogens with two attached hydrogens (primary N) is 1. The lowest BCUT2D eigenvalue weighted by Crippen LogP contribution is -2.27. The van der Waals surface area contributed by atoms with Crippen molar-refractivity contribution in [3.63, 3.8) is 0 Å². The second kappa shape index (κ2) is 7.11. The Morgan fingerprint density at radius 1 is 1.29 bits per heavy atom. The molecule has 0 atom stereocenters. The predicted molar refractivity (Wildman–Crippen MR) is 97.1 cm³/mol. The van der Waals surface area contributed by atoms with Gasteiger partial charge in [0.2, 0.25) is 0 Å². The van der Waals surface area contributed by atoms with Gasteiger partial charge in [0.25, 0.3) is 0 Å². The highest BCUT2D eigenvalue weighted by atomic mass is 35.5. The normalized spacial score (nSPS) is 11.2. The topological polar surface area (TPSA) is 84.6 Å². The lowest BCUT2D eigenvalue weighted by Gasteiger charge is -2.20. The number of hydrogen-bond acceptors (Lipinski definition) is 4. The molecule has 0 radical (unpaired) electrons. The van der Waals surface area contributed by atoms with E-state index in [0.717, 1.165) is 5.56 Å². The average molecular weight is 349 g/mol. The number of nitrogen functional groups attached to an aromatic ring is 1. The summed E-state index contributed by atoms with van der Waals surface area (Å²) in [5.74, 6) is 0. The van der Waals surface area contributed by atoms with Crippen LogP contribution in [0.3, 0.4) is 0 Å². The first kappa shape index (κ1) is 18.1. The standard InChI is InChI=1S/C18H21ClN2O3/c1-18(2,3)24-17(23)21-12-6-4-5-11(9-12)16-13(10-22)15(20)8-7-14(16)19/h4-9,22H,10,20H2,1-3H3,(H,21,23). The highest BCUT2D eigenvalue weighted by molar-refractivity contribution is 6.33. The number of carbonyl (C=O) groups is 1. The van der Waals surface area contributed by atoms with Crippen LogP contribution in [0.1, 0.15) is 26.3 Å². The molecule has 0 aliphatic rings. The van der Waals surface area contributed by atoms with Gasteiger partial charge >= 0.3 is 6.09 Å². The van der Waals surface area contributed by atoms with Gasteiger partial charge in [-0.1, -0.05) is 23.7 Å². The molecule has 2 aromatic carbocycles. The third-order valence-electron chi connectivity index (χ3n) is 3.25. The maximum atomic E-state index is 11.9. The van der Waals surface area contributed by atoms with Crippen LogP contribution >= 0.6 is 11.6 Å². The molecule has 0 fully saturated rings. The number of rotatable bonds is 3. The van der Waals surface area contributed by atoms with Crippen molar-refractivity contribution >= 4 is 29.1 Å². The Labute approximate surface area is 146 Å². The molecule has 0 heterocycles. The van der Waals surface area contributed by atoms with Crippen molar-refractivity contribution in [2.75, 3.05) is 11.1 Å². The summed E-state index contributed by atoms with van der Waals surface area (Å²) in [7, 11) is 0. The number of aliphatic hydroxyl groups is 1. The van der Waals surface area contributed by atoms with Gasteiger partial charge in [0.15, 0.2) is 0 Å². The first-order chi connectivity index (χ1) is 11.2. The van der Waals surface area contributed by atoms with Crippen molar-refractivity contribution in [3.05, 3.63) is 47.0 Å². The van der Waals surface area contributed by atoms with Crippen LogP contribution in [0, 0.1) is 0 Å². The van der Waals surface area contributed by atoms with E-state index in [4.69, 9.17) is 22.1 Å². The third kappa shape index (κ3) is 4.40. The quantitative estimate of drug-likeness (QED) is 0.716. The SMILES string of the molecule is CC(C)(C)OC(=O)Nc1cccc(-c2c(Cl)ccc(N)c2CO)c1. The van der Waals surface area contributed by atoms with Gasteiger partial charge in [0, 0.05) is 27.5 Å². The Bertz CT molecular complexity index is 754. The first-order valence-corrected chi connectivity index (χ1v) is 7.87. The second-order valence-electron chi connectivity index (χ2n) is 6.36. The number of ether oxygens (including phenoxy) is 1. The lowest BCUT2D eigenvalue weighted by molar-refractivity contribution is 0.0636.